The second kappa shape index (κ2) is 8.36. The van der Waals surface area contributed by atoms with Crippen LogP contribution in [0.5, 0.6) is 0 Å². The molecule has 2 aliphatic heterocycles. The fourth-order valence-electron chi connectivity index (χ4n) is 4.34. The van der Waals surface area contributed by atoms with Gasteiger partial charge in [-0.3, -0.25) is 9.69 Å². The van der Waals surface area contributed by atoms with Crippen LogP contribution in [0.2, 0.25) is 0 Å². The van der Waals surface area contributed by atoms with Gasteiger partial charge in [-0.25, -0.2) is 9.37 Å². The van der Waals surface area contributed by atoms with Gasteiger partial charge >= 0.3 is 11.9 Å². The number of nitrogens with one attached hydrogen (secondary N) is 1. The van der Waals surface area contributed by atoms with Gasteiger partial charge in [0, 0.05) is 19.1 Å². The van der Waals surface area contributed by atoms with Gasteiger partial charge in [0.05, 0.1) is 20.5 Å². The molecule has 0 radical (unpaired) electrons. The maximum absolute atomic E-state index is 12.6. The van der Waals surface area contributed by atoms with Gasteiger partial charge in [-0.1, -0.05) is 42.5 Å². The number of piperidine rings is 1. The summed E-state index contributed by atoms with van der Waals surface area (Å²) in [6.45, 7) is 1.39. The molecular weight excluding hydrogens is 380 g/mol. The minimum atomic E-state index is -0.426. The quantitative estimate of drug-likeness (QED) is 0.782. The Labute approximate surface area is 176 Å². The summed E-state index contributed by atoms with van der Waals surface area (Å²) in [5, 5.41) is 5.40. The number of benzene rings is 2. The van der Waals surface area contributed by atoms with Crippen molar-refractivity contribution >= 4 is 34.8 Å². The van der Waals surface area contributed by atoms with Crippen molar-refractivity contribution in [1.29, 1.82) is 0 Å². The zero-order chi connectivity index (χ0) is 21.3. The molecule has 0 spiro atoms. The Morgan fingerprint density at radius 3 is 2.57 bits per heavy atom. The normalized spacial score (nSPS) is 21.1. The number of rotatable bonds is 4. The van der Waals surface area contributed by atoms with E-state index in [2.05, 4.69) is 22.3 Å². The maximum atomic E-state index is 12.6. The van der Waals surface area contributed by atoms with Gasteiger partial charge in [-0.2, -0.15) is 9.69 Å². The van der Waals surface area contributed by atoms with Crippen molar-refractivity contribution in [1.82, 2.24) is 15.1 Å². The van der Waals surface area contributed by atoms with E-state index in [-0.39, 0.29) is 23.9 Å². The second-order valence-electron chi connectivity index (χ2n) is 8.08. The predicted octanol–water partition coefficient (Wildman–Crippen LogP) is 1.64. The van der Waals surface area contributed by atoms with Crippen LogP contribution in [0.15, 0.2) is 42.5 Å². The lowest BCUT2D eigenvalue weighted by atomic mass is 10.00. The summed E-state index contributed by atoms with van der Waals surface area (Å²) < 4.78 is 1.46. The van der Waals surface area contributed by atoms with Crippen molar-refractivity contribution in [2.75, 3.05) is 27.2 Å². The molecule has 2 aliphatic rings. The Morgan fingerprint density at radius 2 is 1.80 bits per heavy atom. The fourth-order valence-corrected chi connectivity index (χ4v) is 4.34. The lowest BCUT2D eigenvalue weighted by Gasteiger charge is -2.36. The van der Waals surface area contributed by atoms with Crippen LogP contribution < -0.4 is 5.32 Å². The summed E-state index contributed by atoms with van der Waals surface area (Å²) in [5.74, 6) is -0.174. The number of hydrogen-bond acceptors (Lipinski definition) is 4. The van der Waals surface area contributed by atoms with E-state index in [4.69, 9.17) is 0 Å². The zero-order valence-corrected chi connectivity index (χ0v) is 17.4. The topological polar surface area (TPSA) is 72.7 Å². The molecule has 4 rings (SSSR count). The molecule has 7 nitrogen and oxygen atoms in total. The molecule has 1 saturated heterocycles. The third kappa shape index (κ3) is 3.98. The van der Waals surface area contributed by atoms with Gasteiger partial charge in [0.2, 0.25) is 5.91 Å². The van der Waals surface area contributed by atoms with Gasteiger partial charge in [-0.05, 0) is 29.2 Å². The largest absolute Gasteiger partial charge is 0.500 e. The van der Waals surface area contributed by atoms with Crippen LogP contribution >= 0.6 is 0 Å². The van der Waals surface area contributed by atoms with Gasteiger partial charge < -0.3 is 5.32 Å². The zero-order valence-electron chi connectivity index (χ0n) is 17.4. The molecule has 2 aromatic carbocycles. The third-order valence-corrected chi connectivity index (χ3v) is 6.06. The number of fused-ring (bicyclic) bond motifs is 1. The maximum Gasteiger partial charge on any atom is 0.500 e. The molecule has 1 N–H and O–H groups in total. The van der Waals surface area contributed by atoms with E-state index < -0.39 is 6.04 Å². The number of likely N-dealkylation sites (tertiary alicyclic amines) is 1. The molecule has 30 heavy (non-hydrogen) atoms. The predicted molar refractivity (Wildman–Crippen MR) is 115 cm³/mol. The Bertz CT molecular complexity index is 1020. The molecule has 7 heteroatoms. The lowest BCUT2D eigenvalue weighted by molar-refractivity contribution is -0.401. The van der Waals surface area contributed by atoms with E-state index in [0.717, 1.165) is 29.2 Å². The summed E-state index contributed by atoms with van der Waals surface area (Å²) in [4.78, 5) is 40.3. The Morgan fingerprint density at radius 1 is 1.10 bits per heavy atom. The number of likely N-dealkylation sites (N-methyl/N-ethyl adjacent to an activating group) is 1. The number of imide groups is 1. The number of hydrogen-bond donors (Lipinski definition) is 1. The number of urea groups is 1. The van der Waals surface area contributed by atoms with E-state index in [1.165, 1.54) is 16.5 Å². The van der Waals surface area contributed by atoms with Crippen molar-refractivity contribution in [2.24, 2.45) is 0 Å². The van der Waals surface area contributed by atoms with Gasteiger partial charge in [-0.15, -0.1) is 0 Å². The van der Waals surface area contributed by atoms with Crippen molar-refractivity contribution < 1.29 is 19.0 Å². The highest BCUT2D eigenvalue weighted by atomic mass is 16.2. The van der Waals surface area contributed by atoms with Crippen molar-refractivity contribution in [3.63, 3.8) is 0 Å². The first-order valence-corrected chi connectivity index (χ1v) is 10.3. The average Bonchev–Trinajstić information content (AvgIpc) is 2.76. The van der Waals surface area contributed by atoms with E-state index in [9.17, 15) is 14.4 Å². The number of nitrogens with zero attached hydrogens (tertiary/aromatic N) is 3. The molecule has 4 amide bonds. The van der Waals surface area contributed by atoms with Crippen molar-refractivity contribution in [2.45, 2.75) is 31.3 Å². The van der Waals surface area contributed by atoms with E-state index >= 15 is 0 Å². The van der Waals surface area contributed by atoms with Crippen LogP contribution in [0, 0.1) is 0 Å². The minimum absolute atomic E-state index is 0.0233. The highest BCUT2D eigenvalue weighted by Gasteiger charge is 2.42. The molecule has 1 fully saturated rings. The van der Waals surface area contributed by atoms with Crippen molar-refractivity contribution in [3.8, 4) is 0 Å². The van der Waals surface area contributed by atoms with Crippen LogP contribution in [0.1, 0.15) is 18.4 Å². The summed E-state index contributed by atoms with van der Waals surface area (Å²) in [6.07, 6.45) is 3.60. The molecule has 0 bridgehead atoms. The molecule has 156 valence electrons. The molecule has 1 atom stereocenters. The second-order valence-corrected chi connectivity index (χ2v) is 8.08. The Hall–Kier alpha value is -3.06. The van der Waals surface area contributed by atoms with E-state index in [0.29, 0.717) is 19.5 Å². The van der Waals surface area contributed by atoms with Crippen LogP contribution in [-0.4, -0.2) is 77.7 Å². The third-order valence-electron chi connectivity index (χ3n) is 6.06. The SMILES string of the molecule is CN1C(=O)C(N2CCC(NC(=O)Cc3cccc4ccccc34)CC2)C=[N+](C)C1=O. The first-order valence-electron chi connectivity index (χ1n) is 10.3. The molecule has 0 aromatic heterocycles. The summed E-state index contributed by atoms with van der Waals surface area (Å²) >= 11 is 0. The Balaban J connectivity index is 1.34. The molecule has 0 aliphatic carbocycles. The highest BCUT2D eigenvalue weighted by molar-refractivity contribution is 6.06. The number of carbonyl (C=O) groups is 3. The first kappa shape index (κ1) is 20.2. The van der Waals surface area contributed by atoms with E-state index in [1.54, 1.807) is 13.3 Å². The summed E-state index contributed by atoms with van der Waals surface area (Å²) in [7, 11) is 3.18. The molecule has 1 unspecified atom stereocenters. The lowest BCUT2D eigenvalue weighted by Crippen LogP contribution is -2.59. The van der Waals surface area contributed by atoms with Gasteiger partial charge in [0.25, 0.3) is 0 Å². The average molecular weight is 407 g/mol. The standard InChI is InChI=1S/C23H26N4O3/c1-25-15-20(22(29)26(2)23(25)30)27-12-10-18(11-13-27)24-21(28)14-17-8-5-7-16-6-3-4-9-19(16)17/h3-9,15,18,20H,10-14H2,1-2H3/p+1. The number of amides is 4. The van der Waals surface area contributed by atoms with Crippen molar-refractivity contribution in [3.05, 3.63) is 48.0 Å². The molecule has 2 aromatic rings. The highest BCUT2D eigenvalue weighted by Crippen LogP contribution is 2.20. The molecule has 2 heterocycles. The monoisotopic (exact) mass is 407 g/mol. The van der Waals surface area contributed by atoms with Crippen LogP contribution in [-0.2, 0) is 16.0 Å². The summed E-state index contributed by atoms with van der Waals surface area (Å²) in [6, 6.07) is 13.5. The van der Waals surface area contributed by atoms with Crippen LogP contribution in [0.4, 0.5) is 4.79 Å². The summed E-state index contributed by atoms with van der Waals surface area (Å²) in [5.41, 5.74) is 1.03. The fraction of sp³-hybridized carbons (Fsp3) is 0.391. The molecular formula is C23H27N4O3+. The minimum Gasteiger partial charge on any atom is -0.353 e. The van der Waals surface area contributed by atoms with Crippen LogP contribution in [0.25, 0.3) is 10.8 Å². The molecule has 0 saturated carbocycles. The Kier molecular flexibility index (Phi) is 5.63. The smallest absolute Gasteiger partial charge is 0.353 e. The first-order chi connectivity index (χ1) is 14.4. The van der Waals surface area contributed by atoms with Gasteiger partial charge in [0.1, 0.15) is 6.21 Å². The van der Waals surface area contributed by atoms with E-state index in [1.807, 2.05) is 30.3 Å². The van der Waals surface area contributed by atoms with Crippen LogP contribution in [0.3, 0.4) is 0 Å². The van der Waals surface area contributed by atoms with Gasteiger partial charge in [0.15, 0.2) is 6.04 Å². The number of carbonyl (C=O) groups excluding carboxylic acids is 3.